The fourth-order valence-corrected chi connectivity index (χ4v) is 2.60. The lowest BCUT2D eigenvalue weighted by atomic mass is 9.82. The largest absolute Gasteiger partial charge is 0.391 e. The second kappa shape index (κ2) is 4.34. The molecule has 0 fully saturated rings. The predicted octanol–water partition coefficient (Wildman–Crippen LogP) is 3.13. The zero-order chi connectivity index (χ0) is 12.6. The second-order valence-electron chi connectivity index (χ2n) is 6.40. The molecule has 2 heteroatoms. The van der Waals surface area contributed by atoms with Crippen LogP contribution in [-0.4, -0.2) is 17.3 Å². The first-order valence-corrected chi connectivity index (χ1v) is 6.40. The van der Waals surface area contributed by atoms with Crippen LogP contribution in [0.15, 0.2) is 18.2 Å². The van der Waals surface area contributed by atoms with Gasteiger partial charge in [0.15, 0.2) is 0 Å². The molecule has 1 aliphatic rings. The van der Waals surface area contributed by atoms with Gasteiger partial charge < -0.3 is 10.4 Å². The topological polar surface area (TPSA) is 32.3 Å². The molecule has 2 nitrogen and oxygen atoms in total. The normalized spacial score (nSPS) is 24.1. The lowest BCUT2D eigenvalue weighted by Gasteiger charge is -2.36. The summed E-state index contributed by atoms with van der Waals surface area (Å²) in [5, 5.41) is 13.7. The fourth-order valence-electron chi connectivity index (χ4n) is 2.60. The summed E-state index contributed by atoms with van der Waals surface area (Å²) in [5.74, 6) is 0. The highest BCUT2D eigenvalue weighted by Gasteiger charge is 2.30. The molecule has 17 heavy (non-hydrogen) atoms. The Kier molecular flexibility index (Phi) is 3.17. The van der Waals surface area contributed by atoms with Gasteiger partial charge in [-0.1, -0.05) is 39.0 Å². The summed E-state index contributed by atoms with van der Waals surface area (Å²) < 4.78 is 0. The zero-order valence-corrected chi connectivity index (χ0v) is 11.2. The molecule has 0 radical (unpaired) electrons. The van der Waals surface area contributed by atoms with E-state index in [0.717, 1.165) is 12.8 Å². The lowest BCUT2D eigenvalue weighted by Crippen LogP contribution is -2.41. The average molecular weight is 233 g/mol. The van der Waals surface area contributed by atoms with Crippen molar-refractivity contribution >= 4 is 5.69 Å². The third-order valence-electron chi connectivity index (χ3n) is 3.41. The fraction of sp³-hybridized carbons (Fsp3) is 0.600. The van der Waals surface area contributed by atoms with E-state index in [4.69, 9.17) is 0 Å². The van der Waals surface area contributed by atoms with Gasteiger partial charge in [-0.25, -0.2) is 0 Å². The molecule has 0 aromatic heterocycles. The number of aliphatic hydroxyl groups is 1. The maximum atomic E-state index is 10.2. The van der Waals surface area contributed by atoms with Crippen LogP contribution in [0.1, 0.15) is 38.3 Å². The third-order valence-corrected chi connectivity index (χ3v) is 3.41. The van der Waals surface area contributed by atoms with Crippen LogP contribution in [-0.2, 0) is 6.42 Å². The Bertz CT molecular complexity index is 406. The van der Waals surface area contributed by atoms with Gasteiger partial charge in [-0.15, -0.1) is 0 Å². The van der Waals surface area contributed by atoms with Gasteiger partial charge in [0.25, 0.3) is 0 Å². The molecule has 1 aromatic carbocycles. The van der Waals surface area contributed by atoms with Gasteiger partial charge >= 0.3 is 0 Å². The van der Waals surface area contributed by atoms with E-state index in [0.29, 0.717) is 0 Å². The van der Waals surface area contributed by atoms with Crippen molar-refractivity contribution in [3.63, 3.8) is 0 Å². The Morgan fingerprint density at radius 1 is 1.35 bits per heavy atom. The van der Waals surface area contributed by atoms with Crippen molar-refractivity contribution in [3.05, 3.63) is 29.3 Å². The number of hydrogen-bond acceptors (Lipinski definition) is 2. The van der Waals surface area contributed by atoms with E-state index < -0.39 is 0 Å². The van der Waals surface area contributed by atoms with Gasteiger partial charge in [0.05, 0.1) is 12.1 Å². The van der Waals surface area contributed by atoms with Gasteiger partial charge in [-0.05, 0) is 29.9 Å². The number of fused-ring (bicyclic) bond motifs is 1. The van der Waals surface area contributed by atoms with E-state index in [1.54, 1.807) is 0 Å². The summed E-state index contributed by atoms with van der Waals surface area (Å²) in [6.07, 6.45) is 1.48. The highest BCUT2D eigenvalue weighted by molar-refractivity contribution is 5.60. The van der Waals surface area contributed by atoms with Crippen molar-refractivity contribution in [1.82, 2.24) is 0 Å². The monoisotopic (exact) mass is 233 g/mol. The molecule has 0 saturated heterocycles. The first-order valence-electron chi connectivity index (χ1n) is 6.40. The van der Waals surface area contributed by atoms with Gasteiger partial charge in [0, 0.05) is 12.1 Å². The van der Waals surface area contributed by atoms with E-state index in [1.807, 2.05) is 0 Å². The van der Waals surface area contributed by atoms with Crippen molar-refractivity contribution in [1.29, 1.82) is 0 Å². The minimum Gasteiger partial charge on any atom is -0.391 e. The molecule has 0 spiro atoms. The van der Waals surface area contributed by atoms with Crippen molar-refractivity contribution in [2.45, 2.75) is 52.7 Å². The van der Waals surface area contributed by atoms with Crippen LogP contribution in [0.4, 0.5) is 5.69 Å². The molecule has 0 amide bonds. The average Bonchev–Trinajstić information content (AvgIpc) is 2.18. The van der Waals surface area contributed by atoms with Crippen LogP contribution in [0.25, 0.3) is 0 Å². The van der Waals surface area contributed by atoms with Crippen LogP contribution >= 0.6 is 0 Å². The van der Waals surface area contributed by atoms with Crippen LogP contribution < -0.4 is 5.32 Å². The molecular formula is C15H23NO. The highest BCUT2D eigenvalue weighted by Crippen LogP contribution is 2.32. The molecule has 0 aliphatic carbocycles. The molecule has 2 N–H and O–H groups in total. The molecule has 94 valence electrons. The smallest absolute Gasteiger partial charge is 0.0782 e. The number of nitrogens with one attached hydrogen (secondary N) is 1. The number of aliphatic hydroxyl groups excluding tert-OH is 1. The Labute approximate surface area is 104 Å². The molecular weight excluding hydrogens is 210 g/mol. The van der Waals surface area contributed by atoms with Crippen molar-refractivity contribution in [2.24, 2.45) is 5.41 Å². The molecule has 1 heterocycles. The Balaban J connectivity index is 2.23. The van der Waals surface area contributed by atoms with Crippen LogP contribution in [0, 0.1) is 12.3 Å². The highest BCUT2D eigenvalue weighted by atomic mass is 16.3. The molecule has 1 aliphatic heterocycles. The summed E-state index contributed by atoms with van der Waals surface area (Å²) in [5.41, 5.74) is 3.97. The first-order chi connectivity index (χ1) is 7.87. The van der Waals surface area contributed by atoms with Crippen molar-refractivity contribution in [3.8, 4) is 0 Å². The first kappa shape index (κ1) is 12.4. The molecule has 2 unspecified atom stereocenters. The minimum absolute atomic E-state index is 0.170. The summed E-state index contributed by atoms with van der Waals surface area (Å²) >= 11 is 0. The predicted molar refractivity (Wildman–Crippen MR) is 72.4 cm³/mol. The van der Waals surface area contributed by atoms with Crippen LogP contribution in [0.2, 0.25) is 0 Å². The number of hydrogen-bond donors (Lipinski definition) is 2. The maximum Gasteiger partial charge on any atom is 0.0782 e. The zero-order valence-electron chi connectivity index (χ0n) is 11.2. The number of aryl methyl sites for hydroxylation is 1. The molecule has 2 rings (SSSR count). The number of rotatable bonds is 1. The summed E-state index contributed by atoms with van der Waals surface area (Å²) in [4.78, 5) is 0. The van der Waals surface area contributed by atoms with Gasteiger partial charge in [0.1, 0.15) is 0 Å². The maximum absolute atomic E-state index is 10.2. The van der Waals surface area contributed by atoms with Gasteiger partial charge in [0.2, 0.25) is 0 Å². The van der Waals surface area contributed by atoms with E-state index in [-0.39, 0.29) is 17.6 Å². The third kappa shape index (κ3) is 2.81. The molecule has 2 atom stereocenters. The lowest BCUT2D eigenvalue weighted by molar-refractivity contribution is 0.126. The molecule has 0 bridgehead atoms. The quantitative estimate of drug-likeness (QED) is 0.781. The van der Waals surface area contributed by atoms with Gasteiger partial charge in [-0.3, -0.25) is 0 Å². The second-order valence-corrected chi connectivity index (χ2v) is 6.40. The standard InChI is InChI=1S/C15H23NO/c1-10-6-5-7-11-8-13(17)12(16-14(10)11)9-15(2,3)4/h5-7,12-13,16-17H,8-9H2,1-4H3. The van der Waals surface area contributed by atoms with E-state index in [1.165, 1.54) is 16.8 Å². The van der Waals surface area contributed by atoms with Crippen molar-refractivity contribution in [2.75, 3.05) is 5.32 Å². The van der Waals surface area contributed by atoms with E-state index in [2.05, 4.69) is 51.2 Å². The number of benzene rings is 1. The SMILES string of the molecule is Cc1cccc2c1NC(CC(C)(C)C)C(O)C2. The molecule has 0 saturated carbocycles. The van der Waals surface area contributed by atoms with Crippen molar-refractivity contribution < 1.29 is 5.11 Å². The van der Waals surface area contributed by atoms with E-state index >= 15 is 0 Å². The summed E-state index contributed by atoms with van der Waals surface area (Å²) in [6, 6.07) is 6.46. The van der Waals surface area contributed by atoms with Gasteiger partial charge in [-0.2, -0.15) is 0 Å². The Morgan fingerprint density at radius 3 is 2.71 bits per heavy atom. The van der Waals surface area contributed by atoms with E-state index in [9.17, 15) is 5.11 Å². The summed E-state index contributed by atoms with van der Waals surface area (Å²) in [6.45, 7) is 8.77. The van der Waals surface area contributed by atoms with Crippen LogP contribution in [0.5, 0.6) is 0 Å². The Morgan fingerprint density at radius 2 is 2.06 bits per heavy atom. The van der Waals surface area contributed by atoms with Crippen LogP contribution in [0.3, 0.4) is 0 Å². The number of para-hydroxylation sites is 1. The molecule has 1 aromatic rings. The summed E-state index contributed by atoms with van der Waals surface area (Å²) in [7, 11) is 0. The Hall–Kier alpha value is -1.02. The minimum atomic E-state index is -0.275. The number of anilines is 1.